The van der Waals surface area contributed by atoms with Crippen molar-refractivity contribution in [2.75, 3.05) is 38.1 Å². The van der Waals surface area contributed by atoms with Gasteiger partial charge in [-0.3, -0.25) is 4.79 Å². The van der Waals surface area contributed by atoms with Gasteiger partial charge in [-0.05, 0) is 54.8 Å². The number of para-hydroxylation sites is 1. The summed E-state index contributed by atoms with van der Waals surface area (Å²) in [7, 11) is 2.14. The molecule has 0 radical (unpaired) electrons. The quantitative estimate of drug-likeness (QED) is 0.722. The van der Waals surface area contributed by atoms with Gasteiger partial charge in [0.25, 0.3) is 5.91 Å². The number of nitrogens with zero attached hydrogens (tertiary/aromatic N) is 2. The minimum atomic E-state index is -0.276. The number of carbonyl (C=O) groups excluding carboxylic acids is 1. The number of hydrogen-bond acceptors (Lipinski definition) is 4. The van der Waals surface area contributed by atoms with Crippen LogP contribution in [0.5, 0.6) is 0 Å². The third kappa shape index (κ3) is 3.75. The summed E-state index contributed by atoms with van der Waals surface area (Å²) in [6.07, 6.45) is 0. The van der Waals surface area contributed by atoms with Crippen LogP contribution in [-0.2, 0) is 6.54 Å². The summed E-state index contributed by atoms with van der Waals surface area (Å²) in [5, 5.41) is 3.87. The molecule has 4 nitrogen and oxygen atoms in total. The summed E-state index contributed by atoms with van der Waals surface area (Å²) in [5.41, 5.74) is 3.14. The summed E-state index contributed by atoms with van der Waals surface area (Å²) < 4.78 is 14.5. The van der Waals surface area contributed by atoms with Gasteiger partial charge >= 0.3 is 0 Å². The second-order valence-electron chi connectivity index (χ2n) is 7.30. The predicted molar refractivity (Wildman–Crippen MR) is 114 cm³/mol. The number of likely N-dealkylation sites (N-methyl/N-ethyl adjacent to an activating group) is 1. The Bertz CT molecular complexity index is 1010. The van der Waals surface area contributed by atoms with Crippen molar-refractivity contribution in [3.8, 4) is 0 Å². The number of fused-ring (bicyclic) bond motifs is 1. The number of amides is 1. The van der Waals surface area contributed by atoms with Gasteiger partial charge in [0.15, 0.2) is 0 Å². The molecule has 1 fully saturated rings. The Kier molecular flexibility index (Phi) is 5.33. The standard InChI is InChI=1S/C22H24FN3OS/c1-15-18-13-17(23)7-8-20(18)28-21(15)22(27)24-14-16-5-3-4-6-19(16)26-11-9-25(2)10-12-26/h3-8,13H,9-12,14H2,1-2H3,(H,24,27). The van der Waals surface area contributed by atoms with E-state index >= 15 is 0 Å². The van der Waals surface area contributed by atoms with Crippen LogP contribution in [0.15, 0.2) is 42.5 Å². The number of thiophene rings is 1. The first-order chi connectivity index (χ1) is 13.5. The van der Waals surface area contributed by atoms with Gasteiger partial charge in [-0.2, -0.15) is 0 Å². The van der Waals surface area contributed by atoms with Crippen LogP contribution in [0.4, 0.5) is 10.1 Å². The van der Waals surface area contributed by atoms with Crippen LogP contribution < -0.4 is 10.2 Å². The van der Waals surface area contributed by atoms with Crippen molar-refractivity contribution in [2.24, 2.45) is 0 Å². The number of piperazine rings is 1. The van der Waals surface area contributed by atoms with Gasteiger partial charge in [0.1, 0.15) is 5.82 Å². The van der Waals surface area contributed by atoms with E-state index < -0.39 is 0 Å². The fraction of sp³-hybridized carbons (Fsp3) is 0.318. The molecule has 1 aliphatic heterocycles. The summed E-state index contributed by atoms with van der Waals surface area (Å²) in [6.45, 7) is 6.41. The van der Waals surface area contributed by atoms with Gasteiger partial charge < -0.3 is 15.1 Å². The Balaban J connectivity index is 1.51. The van der Waals surface area contributed by atoms with E-state index in [1.165, 1.54) is 29.2 Å². The molecule has 3 aromatic rings. The van der Waals surface area contributed by atoms with Crippen LogP contribution in [0.25, 0.3) is 10.1 Å². The highest BCUT2D eigenvalue weighted by Crippen LogP contribution is 2.31. The van der Waals surface area contributed by atoms with Crippen molar-refractivity contribution in [1.29, 1.82) is 0 Å². The molecule has 146 valence electrons. The van der Waals surface area contributed by atoms with E-state index in [0.29, 0.717) is 11.4 Å². The number of aryl methyl sites for hydroxylation is 1. The first kappa shape index (κ1) is 18.9. The van der Waals surface area contributed by atoms with Crippen molar-refractivity contribution in [1.82, 2.24) is 10.2 Å². The maximum atomic E-state index is 13.5. The van der Waals surface area contributed by atoms with E-state index in [2.05, 4.69) is 34.3 Å². The number of nitrogens with one attached hydrogen (secondary N) is 1. The Morgan fingerprint density at radius 2 is 1.89 bits per heavy atom. The van der Waals surface area contributed by atoms with Crippen molar-refractivity contribution >= 4 is 33.0 Å². The smallest absolute Gasteiger partial charge is 0.261 e. The molecule has 1 N–H and O–H groups in total. The molecule has 1 saturated heterocycles. The Morgan fingerprint density at radius 3 is 2.68 bits per heavy atom. The highest BCUT2D eigenvalue weighted by Gasteiger charge is 2.19. The van der Waals surface area contributed by atoms with Gasteiger partial charge in [0.05, 0.1) is 4.88 Å². The van der Waals surface area contributed by atoms with Crippen LogP contribution in [0.1, 0.15) is 20.8 Å². The monoisotopic (exact) mass is 397 g/mol. The molecule has 0 aliphatic carbocycles. The molecule has 0 bridgehead atoms. The second kappa shape index (κ2) is 7.89. The third-order valence-electron chi connectivity index (χ3n) is 5.38. The largest absolute Gasteiger partial charge is 0.369 e. The lowest BCUT2D eigenvalue weighted by Gasteiger charge is -2.35. The molecule has 1 amide bonds. The first-order valence-electron chi connectivity index (χ1n) is 9.51. The van der Waals surface area contributed by atoms with Crippen LogP contribution in [-0.4, -0.2) is 44.0 Å². The molecule has 2 heterocycles. The highest BCUT2D eigenvalue weighted by molar-refractivity contribution is 7.21. The number of anilines is 1. The maximum Gasteiger partial charge on any atom is 0.261 e. The molecule has 0 spiro atoms. The van der Waals surface area contributed by atoms with Gasteiger partial charge in [0, 0.05) is 43.1 Å². The first-order valence-corrected chi connectivity index (χ1v) is 10.3. The van der Waals surface area contributed by atoms with Crippen molar-refractivity contribution < 1.29 is 9.18 Å². The van der Waals surface area contributed by atoms with E-state index in [-0.39, 0.29) is 11.7 Å². The van der Waals surface area contributed by atoms with Gasteiger partial charge in [-0.1, -0.05) is 18.2 Å². The average molecular weight is 398 g/mol. The van der Waals surface area contributed by atoms with Gasteiger partial charge in [0.2, 0.25) is 0 Å². The number of benzene rings is 2. The number of rotatable bonds is 4. The third-order valence-corrected chi connectivity index (χ3v) is 6.65. The summed E-state index contributed by atoms with van der Waals surface area (Å²) in [6, 6.07) is 12.9. The summed E-state index contributed by atoms with van der Waals surface area (Å²) in [5.74, 6) is -0.381. The molecule has 0 saturated carbocycles. The fourth-order valence-corrected chi connectivity index (χ4v) is 4.79. The molecule has 1 aliphatic rings. The zero-order valence-electron chi connectivity index (χ0n) is 16.2. The molecule has 28 heavy (non-hydrogen) atoms. The number of carbonyl (C=O) groups is 1. The lowest BCUT2D eigenvalue weighted by Crippen LogP contribution is -2.45. The average Bonchev–Trinajstić information content (AvgIpc) is 3.03. The van der Waals surface area contributed by atoms with Crippen LogP contribution in [0.2, 0.25) is 0 Å². The lowest BCUT2D eigenvalue weighted by atomic mass is 10.1. The number of hydrogen-bond donors (Lipinski definition) is 1. The molecule has 4 rings (SSSR count). The Labute approximate surface area is 168 Å². The summed E-state index contributed by atoms with van der Waals surface area (Å²) in [4.78, 5) is 18.2. The molecule has 6 heteroatoms. The molecular formula is C22H24FN3OS. The Hall–Kier alpha value is -2.44. The normalized spacial score (nSPS) is 15.2. The van der Waals surface area contributed by atoms with E-state index in [0.717, 1.165) is 47.4 Å². The zero-order valence-corrected chi connectivity index (χ0v) is 17.0. The minimum Gasteiger partial charge on any atom is -0.369 e. The molecule has 2 aromatic carbocycles. The van der Waals surface area contributed by atoms with Crippen molar-refractivity contribution in [3.63, 3.8) is 0 Å². The predicted octanol–water partition coefficient (Wildman–Crippen LogP) is 4.03. The van der Waals surface area contributed by atoms with E-state index in [1.807, 2.05) is 19.1 Å². The van der Waals surface area contributed by atoms with Crippen LogP contribution >= 0.6 is 11.3 Å². The van der Waals surface area contributed by atoms with E-state index in [9.17, 15) is 9.18 Å². The SMILES string of the molecule is Cc1c(C(=O)NCc2ccccc2N2CCN(C)CC2)sc2ccc(F)cc12. The van der Waals surface area contributed by atoms with Crippen molar-refractivity contribution in [2.45, 2.75) is 13.5 Å². The van der Waals surface area contributed by atoms with Crippen LogP contribution in [0, 0.1) is 12.7 Å². The second-order valence-corrected chi connectivity index (χ2v) is 8.35. The Morgan fingerprint density at radius 1 is 1.14 bits per heavy atom. The maximum absolute atomic E-state index is 13.5. The number of halogens is 1. The molecule has 0 atom stereocenters. The van der Waals surface area contributed by atoms with Crippen LogP contribution in [0.3, 0.4) is 0 Å². The molecular weight excluding hydrogens is 373 g/mol. The minimum absolute atomic E-state index is 0.104. The van der Waals surface area contributed by atoms with Gasteiger partial charge in [-0.15, -0.1) is 11.3 Å². The summed E-state index contributed by atoms with van der Waals surface area (Å²) >= 11 is 1.41. The zero-order chi connectivity index (χ0) is 19.7. The van der Waals surface area contributed by atoms with Gasteiger partial charge in [-0.25, -0.2) is 4.39 Å². The lowest BCUT2D eigenvalue weighted by molar-refractivity contribution is 0.0954. The fourth-order valence-electron chi connectivity index (χ4n) is 3.68. The van der Waals surface area contributed by atoms with E-state index in [4.69, 9.17) is 0 Å². The molecule has 1 aromatic heterocycles. The van der Waals surface area contributed by atoms with E-state index in [1.54, 1.807) is 6.07 Å². The highest BCUT2D eigenvalue weighted by atomic mass is 32.1. The molecule has 0 unspecified atom stereocenters. The van der Waals surface area contributed by atoms with Crippen molar-refractivity contribution in [3.05, 3.63) is 64.3 Å². The topological polar surface area (TPSA) is 35.6 Å².